The summed E-state index contributed by atoms with van der Waals surface area (Å²) < 4.78 is 4.97. The van der Waals surface area contributed by atoms with Gasteiger partial charge in [0.05, 0.1) is 6.61 Å². The molecule has 1 nitrogen and oxygen atoms in total. The number of terminal acetylenes is 1. The molecule has 0 atom stereocenters. The van der Waals surface area contributed by atoms with E-state index in [0.29, 0.717) is 0 Å². The van der Waals surface area contributed by atoms with Gasteiger partial charge in [-0.1, -0.05) is 53.5 Å². The number of methoxy groups -OCH3 is 1. The zero-order valence-electron chi connectivity index (χ0n) is 10.7. The zero-order valence-corrected chi connectivity index (χ0v) is 12.4. The molecule has 0 amide bonds. The molecule has 94 valence electrons. The lowest BCUT2D eigenvalue weighted by Gasteiger charge is -2.01. The third-order valence-corrected chi connectivity index (χ3v) is 4.11. The molecular weight excluding hydrogens is 248 g/mol. The highest BCUT2D eigenvalue weighted by Gasteiger charge is 1.94. The lowest BCUT2D eigenvalue weighted by atomic mass is 10.2. The Labute approximate surface area is 113 Å². The Balaban J connectivity index is 0.00000121. The summed E-state index contributed by atoms with van der Waals surface area (Å²) >= 11 is 0. The van der Waals surface area contributed by atoms with Crippen molar-refractivity contribution in [1.29, 1.82) is 0 Å². The molecule has 1 aromatic rings. The van der Waals surface area contributed by atoms with Gasteiger partial charge in [-0.25, -0.2) is 0 Å². The van der Waals surface area contributed by atoms with Crippen molar-refractivity contribution in [3.05, 3.63) is 35.4 Å². The highest BCUT2D eigenvalue weighted by molar-refractivity contribution is 8.76. The summed E-state index contributed by atoms with van der Waals surface area (Å²) in [6.07, 6.45) is 5.28. The second kappa shape index (κ2) is 11.9. The van der Waals surface area contributed by atoms with Gasteiger partial charge in [0.1, 0.15) is 0 Å². The predicted octanol–water partition coefficient (Wildman–Crippen LogP) is 4.22. The Morgan fingerprint density at radius 1 is 1.18 bits per heavy atom. The zero-order chi connectivity index (χ0) is 12.9. The van der Waals surface area contributed by atoms with E-state index in [4.69, 9.17) is 11.2 Å². The quantitative estimate of drug-likeness (QED) is 0.434. The lowest BCUT2D eigenvalue weighted by molar-refractivity contribution is 0.219. The van der Waals surface area contributed by atoms with Crippen LogP contribution in [0, 0.1) is 12.3 Å². The van der Waals surface area contributed by atoms with Crippen LogP contribution in [0.4, 0.5) is 0 Å². The van der Waals surface area contributed by atoms with Crippen LogP contribution in [0.2, 0.25) is 0 Å². The van der Waals surface area contributed by atoms with E-state index in [1.165, 1.54) is 5.56 Å². The lowest BCUT2D eigenvalue weighted by Crippen LogP contribution is -1.89. The van der Waals surface area contributed by atoms with Crippen molar-refractivity contribution >= 4 is 21.6 Å². The first kappa shape index (κ1) is 16.4. The first-order valence-electron chi connectivity index (χ1n) is 5.65. The standard InChI is InChI=1S/C12H14OS2.C2H6/c1-3-11-4-6-12(7-5-11)10-15-14-9-8-13-2;1-2/h1,4-7H,8-10H2,2H3;1-2H3. The minimum atomic E-state index is 0.813. The summed E-state index contributed by atoms with van der Waals surface area (Å²) in [5.41, 5.74) is 2.25. The molecule has 0 fully saturated rings. The van der Waals surface area contributed by atoms with Gasteiger partial charge >= 0.3 is 0 Å². The molecule has 0 aliphatic rings. The maximum atomic E-state index is 5.28. The number of benzene rings is 1. The van der Waals surface area contributed by atoms with E-state index in [9.17, 15) is 0 Å². The van der Waals surface area contributed by atoms with Gasteiger partial charge in [-0.05, 0) is 17.7 Å². The molecule has 0 heterocycles. The van der Waals surface area contributed by atoms with Crippen LogP contribution in [0.1, 0.15) is 25.0 Å². The molecular formula is C14H20OS2. The average molecular weight is 268 g/mol. The monoisotopic (exact) mass is 268 g/mol. The Kier molecular flexibility index (Phi) is 11.5. The first-order chi connectivity index (χ1) is 8.36. The average Bonchev–Trinajstić information content (AvgIpc) is 2.41. The Hall–Kier alpha value is -0.560. The number of hydrogen-bond donors (Lipinski definition) is 0. The van der Waals surface area contributed by atoms with Crippen LogP contribution in [0.3, 0.4) is 0 Å². The van der Waals surface area contributed by atoms with Crippen LogP contribution in [-0.4, -0.2) is 19.5 Å². The van der Waals surface area contributed by atoms with Gasteiger partial charge in [-0.2, -0.15) is 0 Å². The number of hydrogen-bond acceptors (Lipinski definition) is 3. The van der Waals surface area contributed by atoms with Crippen molar-refractivity contribution in [2.45, 2.75) is 19.6 Å². The van der Waals surface area contributed by atoms with Crippen LogP contribution in [0.25, 0.3) is 0 Å². The van der Waals surface area contributed by atoms with E-state index >= 15 is 0 Å². The van der Waals surface area contributed by atoms with Crippen LogP contribution >= 0.6 is 21.6 Å². The van der Waals surface area contributed by atoms with Gasteiger partial charge < -0.3 is 4.74 Å². The van der Waals surface area contributed by atoms with Crippen LogP contribution < -0.4 is 0 Å². The molecule has 0 saturated heterocycles. The minimum Gasteiger partial charge on any atom is -0.384 e. The van der Waals surface area contributed by atoms with E-state index < -0.39 is 0 Å². The maximum Gasteiger partial charge on any atom is 0.0561 e. The second-order valence-corrected chi connectivity index (χ2v) is 5.50. The third-order valence-electron chi connectivity index (χ3n) is 1.80. The Morgan fingerprint density at radius 2 is 1.82 bits per heavy atom. The molecule has 0 unspecified atom stereocenters. The smallest absolute Gasteiger partial charge is 0.0561 e. The summed E-state index contributed by atoms with van der Waals surface area (Å²) in [5, 5.41) is 0. The number of ether oxygens (including phenoxy) is 1. The molecule has 0 aromatic heterocycles. The van der Waals surface area contributed by atoms with E-state index in [2.05, 4.69) is 18.1 Å². The SMILES string of the molecule is C#Cc1ccc(CSSCCOC)cc1.CC. The Morgan fingerprint density at radius 3 is 2.35 bits per heavy atom. The van der Waals surface area contributed by atoms with E-state index in [-0.39, 0.29) is 0 Å². The van der Waals surface area contributed by atoms with Gasteiger partial charge in [-0.15, -0.1) is 6.42 Å². The maximum absolute atomic E-state index is 5.28. The molecule has 0 aliphatic carbocycles. The second-order valence-electron chi connectivity index (χ2n) is 2.92. The molecule has 1 rings (SSSR count). The summed E-state index contributed by atoms with van der Waals surface area (Å²) in [4.78, 5) is 0. The molecule has 0 bridgehead atoms. The fourth-order valence-corrected chi connectivity index (χ4v) is 2.96. The van der Waals surface area contributed by atoms with Crippen LogP contribution in [0.5, 0.6) is 0 Å². The van der Waals surface area contributed by atoms with Crippen LogP contribution in [-0.2, 0) is 10.5 Å². The van der Waals surface area contributed by atoms with E-state index in [1.807, 2.05) is 47.6 Å². The number of rotatable bonds is 6. The summed E-state index contributed by atoms with van der Waals surface area (Å²) in [6, 6.07) is 8.13. The molecule has 17 heavy (non-hydrogen) atoms. The molecule has 3 heteroatoms. The van der Waals surface area contributed by atoms with Crippen LogP contribution in [0.15, 0.2) is 24.3 Å². The normalized spacial score (nSPS) is 9.06. The van der Waals surface area contributed by atoms with Gasteiger partial charge in [0, 0.05) is 24.2 Å². The molecule has 0 spiro atoms. The summed E-state index contributed by atoms with van der Waals surface area (Å²) in [6.45, 7) is 4.81. The molecule has 0 saturated carbocycles. The topological polar surface area (TPSA) is 9.23 Å². The van der Waals surface area contributed by atoms with Crippen molar-refractivity contribution < 1.29 is 4.74 Å². The van der Waals surface area contributed by atoms with Crippen molar-refractivity contribution in [2.24, 2.45) is 0 Å². The van der Waals surface area contributed by atoms with E-state index in [0.717, 1.165) is 23.7 Å². The fourth-order valence-electron chi connectivity index (χ4n) is 0.983. The van der Waals surface area contributed by atoms with Crippen molar-refractivity contribution in [1.82, 2.24) is 0 Å². The highest BCUT2D eigenvalue weighted by atomic mass is 33.1. The van der Waals surface area contributed by atoms with Gasteiger partial charge in [-0.3, -0.25) is 0 Å². The summed E-state index contributed by atoms with van der Waals surface area (Å²) in [7, 11) is 5.40. The fraction of sp³-hybridized carbons (Fsp3) is 0.429. The van der Waals surface area contributed by atoms with Crippen molar-refractivity contribution in [2.75, 3.05) is 19.5 Å². The van der Waals surface area contributed by atoms with E-state index in [1.54, 1.807) is 7.11 Å². The molecule has 0 N–H and O–H groups in total. The largest absolute Gasteiger partial charge is 0.384 e. The van der Waals surface area contributed by atoms with Crippen molar-refractivity contribution in [3.8, 4) is 12.3 Å². The van der Waals surface area contributed by atoms with Gasteiger partial charge in [0.2, 0.25) is 0 Å². The van der Waals surface area contributed by atoms with Gasteiger partial charge in [0.15, 0.2) is 0 Å². The third kappa shape index (κ3) is 8.20. The summed E-state index contributed by atoms with van der Waals surface area (Å²) in [5.74, 6) is 4.65. The molecule has 0 aliphatic heterocycles. The van der Waals surface area contributed by atoms with Gasteiger partial charge in [0.25, 0.3) is 0 Å². The Bertz CT molecular complexity index is 314. The highest BCUT2D eigenvalue weighted by Crippen LogP contribution is 2.25. The minimum absolute atomic E-state index is 0.813. The van der Waals surface area contributed by atoms with Crippen molar-refractivity contribution in [3.63, 3.8) is 0 Å². The first-order valence-corrected chi connectivity index (χ1v) is 8.14. The molecule has 1 aromatic carbocycles. The predicted molar refractivity (Wildman–Crippen MR) is 81.4 cm³/mol. The molecule has 0 radical (unpaired) electrons.